The van der Waals surface area contributed by atoms with Gasteiger partial charge >= 0.3 is 0 Å². The maximum Gasteiger partial charge on any atom is 0.243 e. The quantitative estimate of drug-likeness (QED) is 0.777. The second-order valence-electron chi connectivity index (χ2n) is 4.02. The first-order valence-corrected chi connectivity index (χ1v) is 6.94. The smallest absolute Gasteiger partial charge is 0.243 e. The van der Waals surface area contributed by atoms with E-state index in [9.17, 15) is 14.4 Å². The van der Waals surface area contributed by atoms with Gasteiger partial charge in [0.2, 0.25) is 11.8 Å². The van der Waals surface area contributed by atoms with Crippen molar-refractivity contribution < 1.29 is 14.4 Å². The number of amides is 2. The third-order valence-corrected chi connectivity index (χ3v) is 4.56. The van der Waals surface area contributed by atoms with Crippen molar-refractivity contribution >= 4 is 44.9 Å². The highest BCUT2D eigenvalue weighted by atomic mass is 79.9. The first-order chi connectivity index (χ1) is 8.49. The van der Waals surface area contributed by atoms with E-state index in [0.717, 1.165) is 4.47 Å². The van der Waals surface area contributed by atoms with Gasteiger partial charge in [0.1, 0.15) is 6.54 Å². The Kier molecular flexibility index (Phi) is 3.82. The summed E-state index contributed by atoms with van der Waals surface area (Å²) in [6, 6.07) is 1.79. The minimum Gasteiger partial charge on any atom is -0.335 e. The summed E-state index contributed by atoms with van der Waals surface area (Å²) in [5.41, 5.74) is 0. The van der Waals surface area contributed by atoms with Gasteiger partial charge in [-0.15, -0.1) is 11.3 Å². The molecule has 1 fully saturated rings. The summed E-state index contributed by atoms with van der Waals surface area (Å²) in [4.78, 5) is 38.4. The van der Waals surface area contributed by atoms with E-state index in [4.69, 9.17) is 0 Å². The van der Waals surface area contributed by atoms with Crippen LogP contribution in [-0.4, -0.2) is 54.1 Å². The lowest BCUT2D eigenvalue weighted by Gasteiger charge is -2.31. The number of Topliss-reactive ketones (excluding diaryl/α,β-unsaturated/α-hetero) is 1. The maximum absolute atomic E-state index is 12.0. The summed E-state index contributed by atoms with van der Waals surface area (Å²) in [6.07, 6.45) is 0. The number of likely N-dealkylation sites (N-methyl/N-ethyl adjacent to an activating group) is 1. The Morgan fingerprint density at radius 1 is 1.39 bits per heavy atom. The Labute approximate surface area is 116 Å². The van der Waals surface area contributed by atoms with Crippen LogP contribution in [-0.2, 0) is 9.59 Å². The van der Waals surface area contributed by atoms with Crippen LogP contribution in [0.3, 0.4) is 0 Å². The van der Waals surface area contributed by atoms with Crippen molar-refractivity contribution in [2.24, 2.45) is 0 Å². The van der Waals surface area contributed by atoms with E-state index in [1.807, 2.05) is 0 Å². The lowest BCUT2D eigenvalue weighted by atomic mass is 10.2. The summed E-state index contributed by atoms with van der Waals surface area (Å²) in [6.45, 7) is -0.0285. The zero-order valence-electron chi connectivity index (χ0n) is 9.68. The molecule has 2 amide bonds. The van der Waals surface area contributed by atoms with Crippen LogP contribution in [0.2, 0.25) is 0 Å². The van der Waals surface area contributed by atoms with Gasteiger partial charge in [-0.25, -0.2) is 0 Å². The largest absolute Gasteiger partial charge is 0.335 e. The lowest BCUT2D eigenvalue weighted by molar-refractivity contribution is -0.148. The van der Waals surface area contributed by atoms with Gasteiger partial charge in [-0.2, -0.15) is 0 Å². The van der Waals surface area contributed by atoms with Crippen LogP contribution in [0.5, 0.6) is 0 Å². The molecule has 18 heavy (non-hydrogen) atoms. The highest BCUT2D eigenvalue weighted by Crippen LogP contribution is 2.23. The molecule has 0 aliphatic carbocycles. The molecule has 0 saturated carbocycles. The Morgan fingerprint density at radius 3 is 2.72 bits per heavy atom. The number of halogens is 1. The minimum absolute atomic E-state index is 0.0237. The van der Waals surface area contributed by atoms with E-state index in [2.05, 4.69) is 15.9 Å². The Balaban J connectivity index is 2.06. The molecule has 0 N–H and O–H groups in total. The fraction of sp³-hybridized carbons (Fsp3) is 0.364. The Morgan fingerprint density at radius 2 is 2.11 bits per heavy atom. The van der Waals surface area contributed by atoms with E-state index in [-0.39, 0.29) is 37.2 Å². The van der Waals surface area contributed by atoms with Gasteiger partial charge in [0, 0.05) is 11.5 Å². The molecule has 1 aromatic heterocycles. The zero-order valence-corrected chi connectivity index (χ0v) is 12.1. The predicted molar refractivity (Wildman–Crippen MR) is 70.6 cm³/mol. The summed E-state index contributed by atoms with van der Waals surface area (Å²) < 4.78 is 0.727. The topological polar surface area (TPSA) is 57.7 Å². The monoisotopic (exact) mass is 330 g/mol. The third-order valence-electron chi connectivity index (χ3n) is 2.68. The first-order valence-electron chi connectivity index (χ1n) is 5.27. The van der Waals surface area contributed by atoms with Crippen LogP contribution in [0.1, 0.15) is 9.67 Å². The van der Waals surface area contributed by atoms with Crippen LogP contribution in [0.25, 0.3) is 0 Å². The van der Waals surface area contributed by atoms with E-state index >= 15 is 0 Å². The highest BCUT2D eigenvalue weighted by molar-refractivity contribution is 9.10. The number of hydrogen-bond acceptors (Lipinski definition) is 4. The summed E-state index contributed by atoms with van der Waals surface area (Å²) >= 11 is 4.60. The first kappa shape index (κ1) is 13.2. The molecule has 7 heteroatoms. The third kappa shape index (κ3) is 2.62. The van der Waals surface area contributed by atoms with Crippen LogP contribution < -0.4 is 0 Å². The van der Waals surface area contributed by atoms with Crippen molar-refractivity contribution in [3.05, 3.63) is 20.8 Å². The molecule has 0 radical (unpaired) electrons. The molecule has 1 saturated heterocycles. The molecule has 2 rings (SSSR count). The average molecular weight is 331 g/mol. The lowest BCUT2D eigenvalue weighted by Crippen LogP contribution is -2.53. The predicted octanol–water partition coefficient (Wildman–Crippen LogP) is 0.994. The highest BCUT2D eigenvalue weighted by Gasteiger charge is 2.29. The van der Waals surface area contributed by atoms with Crippen molar-refractivity contribution in [3.8, 4) is 0 Å². The Bertz CT molecular complexity index is 514. The normalized spacial score (nSPS) is 16.3. The van der Waals surface area contributed by atoms with Crippen molar-refractivity contribution in [2.45, 2.75) is 0 Å². The molecule has 5 nitrogen and oxygen atoms in total. The van der Waals surface area contributed by atoms with Gasteiger partial charge in [0.25, 0.3) is 0 Å². The summed E-state index contributed by atoms with van der Waals surface area (Å²) in [5, 5.41) is 1.80. The molecule has 1 aliphatic rings. The number of rotatable bonds is 3. The second-order valence-corrected chi connectivity index (χ2v) is 5.79. The fourth-order valence-electron chi connectivity index (χ4n) is 1.65. The van der Waals surface area contributed by atoms with Gasteiger partial charge in [0.15, 0.2) is 5.78 Å². The van der Waals surface area contributed by atoms with E-state index in [1.54, 1.807) is 18.5 Å². The molecule has 1 aromatic rings. The van der Waals surface area contributed by atoms with Crippen molar-refractivity contribution in [2.75, 3.05) is 26.7 Å². The summed E-state index contributed by atoms with van der Waals surface area (Å²) in [7, 11) is 1.58. The molecule has 0 atom stereocenters. The number of ketones is 1. The van der Waals surface area contributed by atoms with Crippen LogP contribution >= 0.6 is 27.3 Å². The molecule has 0 spiro atoms. The van der Waals surface area contributed by atoms with Crippen LogP contribution in [0, 0.1) is 0 Å². The molecule has 0 bridgehead atoms. The molecule has 0 aromatic carbocycles. The number of piperazine rings is 1. The Hall–Kier alpha value is -1.21. The molecule has 2 heterocycles. The van der Waals surface area contributed by atoms with Crippen molar-refractivity contribution in [3.63, 3.8) is 0 Å². The van der Waals surface area contributed by atoms with Crippen LogP contribution in [0.15, 0.2) is 15.9 Å². The number of nitrogens with zero attached hydrogens (tertiary/aromatic N) is 2. The summed E-state index contributed by atoms with van der Waals surface area (Å²) in [5.74, 6) is -0.492. The molecule has 96 valence electrons. The fourth-order valence-corrected chi connectivity index (χ4v) is 3.17. The number of carbonyl (C=O) groups excluding carboxylic acids is 3. The standard InChI is InChI=1S/C11H11BrN2O3S/c1-13-5-10(17)14(6-9(13)16)4-8(15)11-7(12)2-3-18-11/h2-3H,4-6H2,1H3. The molecule has 0 unspecified atom stereocenters. The number of hydrogen-bond donors (Lipinski definition) is 0. The van der Waals surface area contributed by atoms with Crippen molar-refractivity contribution in [1.29, 1.82) is 0 Å². The maximum atomic E-state index is 12.0. The van der Waals surface area contributed by atoms with E-state index in [1.165, 1.54) is 21.1 Å². The van der Waals surface area contributed by atoms with Gasteiger partial charge in [0.05, 0.1) is 18.0 Å². The van der Waals surface area contributed by atoms with Crippen molar-refractivity contribution in [1.82, 2.24) is 9.80 Å². The molecular formula is C11H11BrN2O3S. The van der Waals surface area contributed by atoms with Gasteiger partial charge in [-0.3, -0.25) is 14.4 Å². The van der Waals surface area contributed by atoms with Gasteiger partial charge in [-0.1, -0.05) is 0 Å². The second kappa shape index (κ2) is 5.19. The van der Waals surface area contributed by atoms with Gasteiger partial charge in [-0.05, 0) is 27.4 Å². The van der Waals surface area contributed by atoms with Crippen LogP contribution in [0.4, 0.5) is 0 Å². The number of thiophene rings is 1. The number of carbonyl (C=O) groups is 3. The zero-order chi connectivity index (χ0) is 13.3. The minimum atomic E-state index is -0.196. The molecule has 1 aliphatic heterocycles. The average Bonchev–Trinajstić information content (AvgIpc) is 2.72. The van der Waals surface area contributed by atoms with E-state index < -0.39 is 0 Å². The van der Waals surface area contributed by atoms with E-state index in [0.29, 0.717) is 4.88 Å². The molecular weight excluding hydrogens is 320 g/mol. The SMILES string of the molecule is CN1CC(=O)N(CC(=O)c2sccc2Br)CC1=O. The van der Waals surface area contributed by atoms with Gasteiger partial charge < -0.3 is 9.80 Å².